The molecule has 0 spiro atoms. The zero-order chi connectivity index (χ0) is 79.4. The molecule has 12 nitrogen and oxygen atoms in total. The molecule has 0 atom stereocenters. The van der Waals surface area contributed by atoms with E-state index in [1.54, 1.807) is 0 Å². The number of hydrogen-bond donors (Lipinski definition) is 1. The van der Waals surface area contributed by atoms with Crippen LogP contribution < -0.4 is 5.32 Å². The number of piperazine rings is 1. The second kappa shape index (κ2) is 40.2. The largest absolute Gasteiger partial charge is 0.368 e. The predicted molar refractivity (Wildman–Crippen MR) is 474 cm³/mol. The van der Waals surface area contributed by atoms with E-state index in [0.29, 0.717) is 0 Å². The van der Waals surface area contributed by atoms with Gasteiger partial charge < -0.3 is 24.3 Å². The van der Waals surface area contributed by atoms with Crippen LogP contribution in [0.25, 0.3) is 16.7 Å². The van der Waals surface area contributed by atoms with E-state index in [0.717, 1.165) is 159 Å². The summed E-state index contributed by atoms with van der Waals surface area (Å²) in [6, 6.07) is 34.1. The van der Waals surface area contributed by atoms with Crippen LogP contribution in [0.3, 0.4) is 0 Å². The van der Waals surface area contributed by atoms with Crippen molar-refractivity contribution >= 4 is 68.5 Å². The molecule has 6 heterocycles. The number of hydrogen-bond acceptors (Lipinski definition) is 6. The number of nitrogens with one attached hydrogen (secondary N) is 1. The van der Waals surface area contributed by atoms with Crippen molar-refractivity contribution in [1.29, 1.82) is 0 Å². The van der Waals surface area contributed by atoms with Crippen LogP contribution in [0.1, 0.15) is 99.9 Å². The average molecular weight is 1520 g/mol. The molecule has 0 radical (unpaired) electrons. The second-order valence-electron chi connectivity index (χ2n) is 30.4. The smallest absolute Gasteiger partial charge is 0.215 e. The minimum absolute atomic E-state index is 0.800. The van der Waals surface area contributed by atoms with Gasteiger partial charge in [-0.05, 0) is 198 Å². The van der Waals surface area contributed by atoms with Crippen molar-refractivity contribution in [2.45, 2.75) is 55.4 Å². The number of allylic oxidation sites excluding steroid dienone is 26. The van der Waals surface area contributed by atoms with Crippen LogP contribution in [0.15, 0.2) is 283 Å². The van der Waals surface area contributed by atoms with Crippen LogP contribution in [0, 0.1) is 0 Å². The molecule has 6 fully saturated rings. The van der Waals surface area contributed by atoms with Crippen LogP contribution in [0.5, 0.6) is 0 Å². The number of ether oxygens (including phenoxy) is 4. The highest BCUT2D eigenvalue weighted by Gasteiger charge is 2.33. The fourth-order valence-corrected chi connectivity index (χ4v) is 16.3. The van der Waals surface area contributed by atoms with Crippen molar-refractivity contribution in [3.63, 3.8) is 0 Å². The molecule has 0 amide bonds. The van der Waals surface area contributed by atoms with E-state index >= 15 is 0 Å². The number of rotatable bonds is 0. The Morgan fingerprint density at radius 2 is 0.580 bits per heavy atom. The standard InChI is InChI=1S/C19H18NO.2C15H16NO.C13H19N2.C13H18NO.C13H18NS.C11H16N/c1-14-15-6-2-4-8-17(15)19(20-10-12-21-13-11-20)18-9-5-3-7-16(14)18;2*1-12-6-7-15(16-8-10-17-11-9-16)14-5-3-2-4-13(12)14;1-10-8-13(9-11(2)12(10)3)15-6-4-14-5-7-15;2*1-10-8-13(9-11(2)12(10)3)14-4-6-15-7-5-14;1-8-6-11(12(4)5)7-9(2)10(8)3/h2-9H,1,10-13H2;2*2-7H,1,8-11H2;8-9,14H,3-7H2,1-2H3;2*8-9H,3-7H2,1-2H3;6-7H,3H2,1-2,4-5H3/q7*+1. The maximum Gasteiger partial charge on any atom is 0.215 e. The monoisotopic (exact) mass is 1520 g/mol. The predicted octanol–water partition coefficient (Wildman–Crippen LogP) is 15.4. The molecular weight excluding hydrogens is 1400 g/mol. The van der Waals surface area contributed by atoms with E-state index in [1.165, 1.54) is 165 Å². The maximum atomic E-state index is 5.52. The van der Waals surface area contributed by atoms with Gasteiger partial charge in [0.15, 0.2) is 84.2 Å². The Hall–Kier alpha value is -9.70. The molecule has 0 bridgehead atoms. The van der Waals surface area contributed by atoms with Gasteiger partial charge in [-0.3, -0.25) is 0 Å². The molecule has 7 aliphatic carbocycles. The lowest BCUT2D eigenvalue weighted by Crippen LogP contribution is -2.40. The molecule has 4 aromatic rings. The molecule has 1 N–H and O–H groups in total. The first kappa shape index (κ1) is 83.2. The summed E-state index contributed by atoms with van der Waals surface area (Å²) >= 11 is 2.05. The maximum absolute atomic E-state index is 5.52. The van der Waals surface area contributed by atoms with Gasteiger partial charge in [-0.25, -0.2) is 32.0 Å². The third kappa shape index (κ3) is 21.1. The first-order valence-corrected chi connectivity index (χ1v) is 41.2. The van der Waals surface area contributed by atoms with E-state index in [4.69, 9.17) is 18.9 Å². The van der Waals surface area contributed by atoms with Crippen LogP contribution >= 0.6 is 11.8 Å². The van der Waals surface area contributed by atoms with Crippen molar-refractivity contribution < 1.29 is 51.0 Å². The molecular formula is C99H121N8O4S+7. The molecule has 0 saturated carbocycles. The number of nitrogens with zero attached hydrogens (tertiary/aromatic N) is 7. The van der Waals surface area contributed by atoms with Crippen molar-refractivity contribution in [3.05, 3.63) is 327 Å². The van der Waals surface area contributed by atoms with Crippen LogP contribution in [-0.2, 0) is 18.9 Å². The molecule has 112 heavy (non-hydrogen) atoms. The van der Waals surface area contributed by atoms with Gasteiger partial charge in [-0.1, -0.05) is 119 Å². The van der Waals surface area contributed by atoms with Gasteiger partial charge in [-0.15, -0.1) is 11.8 Å². The Morgan fingerprint density at radius 1 is 0.304 bits per heavy atom. The molecule has 13 heteroatoms. The molecule has 4 aromatic carbocycles. The van der Waals surface area contributed by atoms with Gasteiger partial charge in [0.2, 0.25) is 34.3 Å². The Labute approximate surface area is 673 Å². The van der Waals surface area contributed by atoms with Gasteiger partial charge in [0.05, 0.1) is 46.8 Å². The van der Waals surface area contributed by atoms with Gasteiger partial charge in [-0.2, -0.15) is 0 Å². The highest BCUT2D eigenvalue weighted by atomic mass is 32.2. The van der Waals surface area contributed by atoms with Crippen molar-refractivity contribution in [2.24, 2.45) is 0 Å². The van der Waals surface area contributed by atoms with E-state index in [2.05, 4.69) is 335 Å². The van der Waals surface area contributed by atoms with Gasteiger partial charge in [0.25, 0.3) is 0 Å². The van der Waals surface area contributed by atoms with Crippen LogP contribution in [0.2, 0.25) is 0 Å². The lowest BCUT2D eigenvalue weighted by atomic mass is 9.81. The van der Waals surface area contributed by atoms with E-state index in [1.807, 2.05) is 0 Å². The minimum Gasteiger partial charge on any atom is -0.368 e. The third-order valence-electron chi connectivity index (χ3n) is 22.5. The summed E-state index contributed by atoms with van der Waals surface area (Å²) < 4.78 is 38.3. The SMILES string of the molecule is C=C1C(C)=CC(=[N+](C)C)C=C1C.C=C1C(C)=CC(=[N+]2CCNCC2)C=C1C.C=C1C(C)=CC(=[N+]2CCOCC2)C=C1C.C=C1C(C)=CC(=[N+]2CCSCC2)C=C1C.C=C1C=CC(=[N+]2CCOCC2)c2ccccc21.C=C1C=CC(=[N+]2CCOCC2)c2ccccc21.C=C1c2ccccc2C(=[N+]2CCOCC2)c2ccccc21. The fraction of sp³-hybridized carbons (Fsp3) is 0.343. The van der Waals surface area contributed by atoms with E-state index in [-0.39, 0.29) is 0 Å². The van der Waals surface area contributed by atoms with Gasteiger partial charge in [0, 0.05) is 60.8 Å². The summed E-state index contributed by atoms with van der Waals surface area (Å²) in [4.78, 5) is 0. The summed E-state index contributed by atoms with van der Waals surface area (Å²) in [5, 5.41) is 3.37. The molecule has 17 rings (SSSR count). The number of thioether (sulfide) groups is 1. The summed E-state index contributed by atoms with van der Waals surface area (Å²) in [7, 11) is 4.11. The van der Waals surface area contributed by atoms with Crippen LogP contribution in [-0.4, -0.2) is 242 Å². The molecule has 0 aromatic heterocycles. The number of fused-ring (bicyclic) bond motifs is 4. The molecule has 6 aliphatic heterocycles. The Bertz CT molecular complexity index is 4520. The Kier molecular flexibility index (Phi) is 29.8. The fourth-order valence-electron chi connectivity index (χ4n) is 15.4. The lowest BCUT2D eigenvalue weighted by Gasteiger charge is -2.24. The summed E-state index contributed by atoms with van der Waals surface area (Å²) in [5.74, 6) is 2.51. The highest BCUT2D eigenvalue weighted by Crippen LogP contribution is 2.36. The lowest BCUT2D eigenvalue weighted by molar-refractivity contribution is -0.548. The van der Waals surface area contributed by atoms with Gasteiger partial charge in [0.1, 0.15) is 67.0 Å². The summed E-state index contributed by atoms with van der Waals surface area (Å²) in [6.45, 7) is 66.8. The normalized spacial score (nSPS) is 20.1. The topological polar surface area (TPSA) is 70.0 Å². The average Bonchev–Trinajstić information content (AvgIpc) is 0.750. The van der Waals surface area contributed by atoms with Crippen molar-refractivity contribution in [2.75, 3.05) is 170 Å². The second-order valence-corrected chi connectivity index (χ2v) is 31.6. The Balaban J connectivity index is 0.000000130. The third-order valence-corrected chi connectivity index (χ3v) is 23.4. The van der Waals surface area contributed by atoms with Gasteiger partial charge >= 0.3 is 0 Å². The first-order valence-electron chi connectivity index (χ1n) is 40.1. The van der Waals surface area contributed by atoms with E-state index < -0.39 is 0 Å². The number of benzene rings is 4. The number of morpholine rings is 4. The zero-order valence-corrected chi connectivity index (χ0v) is 69.6. The molecule has 580 valence electrons. The molecule has 6 saturated heterocycles. The minimum atomic E-state index is 0.800. The summed E-state index contributed by atoms with van der Waals surface area (Å²) in [5.41, 5.74) is 37.6. The van der Waals surface area contributed by atoms with E-state index in [9.17, 15) is 0 Å². The zero-order valence-electron chi connectivity index (χ0n) is 68.8. The highest BCUT2D eigenvalue weighted by molar-refractivity contribution is 7.99. The van der Waals surface area contributed by atoms with Crippen molar-refractivity contribution in [1.82, 2.24) is 5.32 Å². The first-order chi connectivity index (χ1) is 54.1. The van der Waals surface area contributed by atoms with Crippen LogP contribution in [0.4, 0.5) is 0 Å². The Morgan fingerprint density at radius 3 is 0.920 bits per heavy atom. The quantitative estimate of drug-likeness (QED) is 0.156. The summed E-state index contributed by atoms with van der Waals surface area (Å²) in [6.07, 6.45) is 26.4. The molecule has 0 unspecified atom stereocenters. The molecule has 13 aliphatic rings. The van der Waals surface area contributed by atoms with Crippen molar-refractivity contribution in [3.8, 4) is 0 Å².